The molecule has 0 atom stereocenters. The van der Waals surface area contributed by atoms with Crippen LogP contribution in [0.1, 0.15) is 89.5 Å². The van der Waals surface area contributed by atoms with Gasteiger partial charge in [-0.15, -0.1) is 0 Å². The van der Waals surface area contributed by atoms with E-state index in [1.807, 2.05) is 32.0 Å². The lowest BCUT2D eigenvalue weighted by Crippen LogP contribution is -2.30. The van der Waals surface area contributed by atoms with E-state index in [-0.39, 0.29) is 5.82 Å². The Hall–Kier alpha value is -2.16. The van der Waals surface area contributed by atoms with Gasteiger partial charge in [0, 0.05) is 5.02 Å². The molecule has 0 aliphatic carbocycles. The quantitative estimate of drug-likeness (QED) is 0.349. The van der Waals surface area contributed by atoms with E-state index >= 15 is 0 Å². The summed E-state index contributed by atoms with van der Waals surface area (Å²) in [4.78, 5) is 2.38. The van der Waals surface area contributed by atoms with Crippen molar-refractivity contribution in [3.8, 4) is 0 Å². The Kier molecular flexibility index (Phi) is 18.7. The zero-order chi connectivity index (χ0) is 28.4. The number of nitrogens with zero attached hydrogens (tertiary/aromatic N) is 1. The first kappa shape index (κ1) is 34.8. The Labute approximate surface area is 233 Å². The highest BCUT2D eigenvalue weighted by Crippen LogP contribution is 2.30. The summed E-state index contributed by atoms with van der Waals surface area (Å²) in [6.07, 6.45) is 10.00. The van der Waals surface area contributed by atoms with Crippen molar-refractivity contribution in [2.75, 3.05) is 20.1 Å². The number of hydrogen-bond acceptors (Lipinski definition) is 1. The summed E-state index contributed by atoms with van der Waals surface area (Å²) < 4.78 is 12.7. The minimum Gasteiger partial charge on any atom is -0.306 e. The topological polar surface area (TPSA) is 3.24 Å². The van der Waals surface area contributed by atoms with Gasteiger partial charge >= 0.3 is 0 Å². The second kappa shape index (κ2) is 19.9. The largest absolute Gasteiger partial charge is 0.306 e. The molecule has 1 fully saturated rings. The fourth-order valence-electron chi connectivity index (χ4n) is 3.99. The summed E-state index contributed by atoms with van der Waals surface area (Å²) in [7, 11) is 2.17. The maximum Gasteiger partial charge on any atom is 0.123 e. The molecule has 3 heteroatoms. The fraction of sp³-hybridized carbons (Fsp3) is 0.471. The Bertz CT molecular complexity index is 949. The lowest BCUT2D eigenvalue weighted by atomic mass is 9.90. The minimum absolute atomic E-state index is 0.137. The molecule has 3 rings (SSSR count). The van der Waals surface area contributed by atoms with E-state index in [9.17, 15) is 4.39 Å². The summed E-state index contributed by atoms with van der Waals surface area (Å²) in [6.45, 7) is 24.7. The highest BCUT2D eigenvalue weighted by atomic mass is 35.5. The monoisotopic (exact) mass is 527 g/mol. The van der Waals surface area contributed by atoms with Crippen LogP contribution in [0.25, 0.3) is 11.6 Å². The number of piperidine rings is 1. The van der Waals surface area contributed by atoms with Gasteiger partial charge in [-0.05, 0) is 118 Å². The lowest BCUT2D eigenvalue weighted by molar-refractivity contribution is 0.219. The van der Waals surface area contributed by atoms with Gasteiger partial charge < -0.3 is 4.90 Å². The van der Waals surface area contributed by atoms with Crippen LogP contribution in [0.15, 0.2) is 61.2 Å². The smallest absolute Gasteiger partial charge is 0.123 e. The molecule has 0 bridgehead atoms. The molecule has 0 aromatic heterocycles. The van der Waals surface area contributed by atoms with E-state index in [2.05, 4.69) is 71.9 Å². The molecular weight excluding hydrogens is 477 g/mol. The average molecular weight is 528 g/mol. The van der Waals surface area contributed by atoms with Crippen LogP contribution >= 0.6 is 11.6 Å². The van der Waals surface area contributed by atoms with E-state index in [0.29, 0.717) is 0 Å². The first-order valence-electron chi connectivity index (χ1n) is 13.8. The third-order valence-corrected chi connectivity index (χ3v) is 6.21. The molecule has 2 aromatic carbocycles. The van der Waals surface area contributed by atoms with E-state index in [4.69, 9.17) is 11.6 Å². The van der Waals surface area contributed by atoms with Crippen LogP contribution in [0.3, 0.4) is 0 Å². The van der Waals surface area contributed by atoms with E-state index in [1.54, 1.807) is 18.2 Å². The second-order valence-electron chi connectivity index (χ2n) is 9.87. The molecule has 1 heterocycles. The van der Waals surface area contributed by atoms with Gasteiger partial charge in [-0.3, -0.25) is 0 Å². The standard InChI is InChI=1S/C15H17Cl.C13H18FN.2C3H8/c1-6-12-9-14(11(5)8-15(12)16)13(7-2)10(3)4;1-15-8-6-12(7-9-15)10-11-2-4-13(14)5-3-11;2*1-3-2/h6-9H,1,3H2,2,4-5H3;2-5,12H,6-10H2,1H3;2*3H2,1-2H3/b13-7-;;;. The van der Waals surface area contributed by atoms with Gasteiger partial charge in [0.15, 0.2) is 0 Å². The Morgan fingerprint density at radius 1 is 1.05 bits per heavy atom. The molecule has 1 aliphatic heterocycles. The molecule has 2 aromatic rings. The van der Waals surface area contributed by atoms with Crippen molar-refractivity contribution in [3.05, 3.63) is 94.3 Å². The first-order chi connectivity index (χ1) is 17.6. The van der Waals surface area contributed by atoms with Crippen LogP contribution in [0.4, 0.5) is 4.39 Å². The predicted octanol–water partition coefficient (Wildman–Crippen LogP) is 10.8. The molecule has 1 saturated heterocycles. The number of likely N-dealkylation sites (tertiary alicyclic amines) is 1. The lowest BCUT2D eigenvalue weighted by Gasteiger charge is -2.28. The maximum absolute atomic E-state index is 12.7. The predicted molar refractivity (Wildman–Crippen MR) is 167 cm³/mol. The highest BCUT2D eigenvalue weighted by Gasteiger charge is 2.16. The third-order valence-electron chi connectivity index (χ3n) is 5.88. The SMILES string of the molecule is C=Cc1cc(/C(=C\C)C(=C)C)c(C)cc1Cl.CCC.CCC.CN1CCC(Cc2ccc(F)cc2)CC1. The van der Waals surface area contributed by atoms with Crippen LogP contribution in [-0.2, 0) is 6.42 Å². The molecule has 0 N–H and O–H groups in total. The molecule has 206 valence electrons. The van der Waals surface area contributed by atoms with Gasteiger partial charge in [-0.25, -0.2) is 4.39 Å². The Morgan fingerprint density at radius 3 is 2.00 bits per heavy atom. The van der Waals surface area contributed by atoms with Gasteiger partial charge in [-0.1, -0.05) is 95.2 Å². The number of benzene rings is 2. The Morgan fingerprint density at radius 2 is 1.57 bits per heavy atom. The normalized spacial score (nSPS) is 13.7. The summed E-state index contributed by atoms with van der Waals surface area (Å²) in [5.41, 5.74) is 6.79. The van der Waals surface area contributed by atoms with Crippen LogP contribution in [-0.4, -0.2) is 25.0 Å². The molecule has 1 nitrogen and oxygen atoms in total. The fourth-order valence-corrected chi connectivity index (χ4v) is 4.28. The van der Waals surface area contributed by atoms with Crippen molar-refractivity contribution in [3.63, 3.8) is 0 Å². The number of aryl methyl sites for hydroxylation is 1. The summed E-state index contributed by atoms with van der Waals surface area (Å²) in [6, 6.07) is 11.0. The molecular formula is C34H51ClFN. The molecule has 0 saturated carbocycles. The average Bonchev–Trinajstić information content (AvgIpc) is 2.85. The van der Waals surface area contributed by atoms with Crippen molar-refractivity contribution >= 4 is 23.3 Å². The van der Waals surface area contributed by atoms with E-state index < -0.39 is 0 Å². The van der Waals surface area contributed by atoms with Gasteiger partial charge in [-0.2, -0.15) is 0 Å². The van der Waals surface area contributed by atoms with E-state index in [1.165, 1.54) is 49.9 Å². The summed E-state index contributed by atoms with van der Waals surface area (Å²) in [5.74, 6) is 0.647. The minimum atomic E-state index is -0.137. The number of allylic oxidation sites excluding steroid dienone is 3. The van der Waals surface area contributed by atoms with Crippen molar-refractivity contribution in [2.45, 2.75) is 80.6 Å². The first-order valence-corrected chi connectivity index (χ1v) is 14.1. The van der Waals surface area contributed by atoms with Crippen molar-refractivity contribution in [1.82, 2.24) is 4.90 Å². The summed E-state index contributed by atoms with van der Waals surface area (Å²) in [5, 5.41) is 0.744. The van der Waals surface area contributed by atoms with Crippen LogP contribution in [0.5, 0.6) is 0 Å². The van der Waals surface area contributed by atoms with Crippen LogP contribution in [0.2, 0.25) is 5.02 Å². The highest BCUT2D eigenvalue weighted by molar-refractivity contribution is 6.32. The second-order valence-corrected chi connectivity index (χ2v) is 10.3. The molecule has 1 aliphatic rings. The van der Waals surface area contributed by atoms with Crippen molar-refractivity contribution in [2.24, 2.45) is 5.92 Å². The van der Waals surface area contributed by atoms with Crippen LogP contribution < -0.4 is 0 Å². The Balaban J connectivity index is 0.000000578. The molecule has 0 spiro atoms. The van der Waals surface area contributed by atoms with Gasteiger partial charge in [0.25, 0.3) is 0 Å². The van der Waals surface area contributed by atoms with Crippen LogP contribution in [0, 0.1) is 18.7 Å². The zero-order valence-corrected chi connectivity index (χ0v) is 25.5. The maximum atomic E-state index is 12.7. The van der Waals surface area contributed by atoms with Gasteiger partial charge in [0.05, 0.1) is 0 Å². The number of rotatable bonds is 5. The van der Waals surface area contributed by atoms with E-state index in [0.717, 1.165) is 39.6 Å². The molecule has 0 radical (unpaired) electrons. The van der Waals surface area contributed by atoms with Gasteiger partial charge in [0.2, 0.25) is 0 Å². The molecule has 0 unspecified atom stereocenters. The van der Waals surface area contributed by atoms with Crippen molar-refractivity contribution < 1.29 is 4.39 Å². The van der Waals surface area contributed by atoms with Gasteiger partial charge in [0.1, 0.15) is 5.82 Å². The van der Waals surface area contributed by atoms with Crippen molar-refractivity contribution in [1.29, 1.82) is 0 Å². The number of halogens is 2. The molecule has 0 amide bonds. The third kappa shape index (κ3) is 13.8. The zero-order valence-electron chi connectivity index (χ0n) is 24.8. The molecule has 37 heavy (non-hydrogen) atoms. The number of hydrogen-bond donors (Lipinski definition) is 0. The summed E-state index contributed by atoms with van der Waals surface area (Å²) >= 11 is 6.12.